The summed E-state index contributed by atoms with van der Waals surface area (Å²) >= 11 is 1.44. The number of nitrogens with one attached hydrogen (secondary N) is 1. The number of ether oxygens (including phenoxy) is 2. The van der Waals surface area contributed by atoms with Crippen LogP contribution >= 0.6 is 11.3 Å². The number of thiazole rings is 1. The summed E-state index contributed by atoms with van der Waals surface area (Å²) in [7, 11) is 0. The lowest BCUT2D eigenvalue weighted by Crippen LogP contribution is -2.26. The number of amides is 1. The number of nitrogens with zero attached hydrogens (tertiary/aromatic N) is 1. The van der Waals surface area contributed by atoms with Gasteiger partial charge in [-0.25, -0.2) is 9.78 Å². The molecule has 0 aliphatic carbocycles. The van der Waals surface area contributed by atoms with Gasteiger partial charge in [-0.15, -0.1) is 11.3 Å². The highest BCUT2D eigenvalue weighted by atomic mass is 32.1. The summed E-state index contributed by atoms with van der Waals surface area (Å²) in [6.07, 6.45) is -1.12. The Morgan fingerprint density at radius 3 is 2.61 bits per heavy atom. The Kier molecular flexibility index (Phi) is 6.24. The van der Waals surface area contributed by atoms with E-state index in [1.165, 1.54) is 11.3 Å². The summed E-state index contributed by atoms with van der Waals surface area (Å²) in [4.78, 5) is 30.2. The summed E-state index contributed by atoms with van der Waals surface area (Å²) < 4.78 is 12.1. The summed E-state index contributed by atoms with van der Waals surface area (Å²) in [6.45, 7) is 2.33. The zero-order chi connectivity index (χ0) is 21.6. The van der Waals surface area contributed by atoms with Crippen molar-refractivity contribution in [3.05, 3.63) is 89.4 Å². The number of fused-ring (bicyclic) bond motifs is 1. The smallest absolute Gasteiger partial charge is 0.339 e. The van der Waals surface area contributed by atoms with E-state index < -0.39 is 18.0 Å². The van der Waals surface area contributed by atoms with Gasteiger partial charge in [0.1, 0.15) is 5.75 Å². The molecule has 0 bridgehead atoms. The van der Waals surface area contributed by atoms with Crippen molar-refractivity contribution in [1.82, 2.24) is 4.98 Å². The minimum atomic E-state index is -1.12. The van der Waals surface area contributed by atoms with E-state index >= 15 is 0 Å². The lowest BCUT2D eigenvalue weighted by Gasteiger charge is -2.19. The van der Waals surface area contributed by atoms with E-state index in [4.69, 9.17) is 9.47 Å². The van der Waals surface area contributed by atoms with Crippen LogP contribution in [-0.4, -0.2) is 23.5 Å². The Labute approximate surface area is 183 Å². The third-order valence-electron chi connectivity index (χ3n) is 4.58. The van der Waals surface area contributed by atoms with Crippen LogP contribution in [0.15, 0.2) is 78.3 Å². The Morgan fingerprint density at radius 2 is 1.81 bits per heavy atom. The number of esters is 1. The minimum Gasteiger partial charge on any atom is -0.492 e. The van der Waals surface area contributed by atoms with Gasteiger partial charge in [-0.2, -0.15) is 0 Å². The van der Waals surface area contributed by atoms with Crippen molar-refractivity contribution in [2.45, 2.75) is 13.0 Å². The molecule has 1 amide bonds. The van der Waals surface area contributed by atoms with Crippen LogP contribution < -0.4 is 10.1 Å². The van der Waals surface area contributed by atoms with Crippen molar-refractivity contribution < 1.29 is 19.1 Å². The van der Waals surface area contributed by atoms with Gasteiger partial charge in [-0.05, 0) is 37.3 Å². The van der Waals surface area contributed by atoms with E-state index in [1.54, 1.807) is 66.2 Å². The van der Waals surface area contributed by atoms with Crippen LogP contribution in [0.1, 0.15) is 28.9 Å². The van der Waals surface area contributed by atoms with Crippen LogP contribution in [0.25, 0.3) is 10.2 Å². The zero-order valence-electron chi connectivity index (χ0n) is 16.8. The molecule has 31 heavy (non-hydrogen) atoms. The van der Waals surface area contributed by atoms with Gasteiger partial charge in [-0.3, -0.25) is 4.79 Å². The standard InChI is InChI=1S/C24H20N2O4S/c1-2-29-20-11-7-6-10-18(20)26-23(27)22(16-8-4-3-5-9-16)30-24(28)17-12-13-19-21(14-17)31-15-25-19/h3-15,22H,2H2,1H3,(H,26,27). The molecule has 0 aliphatic rings. The normalized spacial score (nSPS) is 11.6. The van der Waals surface area contributed by atoms with Crippen LogP contribution in [0.2, 0.25) is 0 Å². The van der Waals surface area contributed by atoms with Gasteiger partial charge < -0.3 is 14.8 Å². The second-order valence-electron chi connectivity index (χ2n) is 6.65. The van der Waals surface area contributed by atoms with Gasteiger partial charge in [0.05, 0.1) is 33.6 Å². The number of hydrogen-bond acceptors (Lipinski definition) is 6. The molecule has 0 aliphatic heterocycles. The van der Waals surface area contributed by atoms with Crippen molar-refractivity contribution in [2.24, 2.45) is 0 Å². The second-order valence-corrected chi connectivity index (χ2v) is 7.54. The molecular weight excluding hydrogens is 412 g/mol. The van der Waals surface area contributed by atoms with Gasteiger partial charge in [0.25, 0.3) is 5.91 Å². The molecule has 1 aromatic heterocycles. The fourth-order valence-electron chi connectivity index (χ4n) is 3.11. The van der Waals surface area contributed by atoms with Crippen molar-refractivity contribution in [3.8, 4) is 5.75 Å². The summed E-state index contributed by atoms with van der Waals surface area (Å²) in [5, 5.41) is 2.83. The summed E-state index contributed by atoms with van der Waals surface area (Å²) in [5.41, 5.74) is 3.97. The van der Waals surface area contributed by atoms with E-state index in [2.05, 4.69) is 10.3 Å². The fraction of sp³-hybridized carbons (Fsp3) is 0.125. The Hall–Kier alpha value is -3.71. The first-order valence-electron chi connectivity index (χ1n) is 9.77. The molecule has 0 fully saturated rings. The van der Waals surface area contributed by atoms with Crippen LogP contribution in [0.5, 0.6) is 5.75 Å². The maximum atomic E-state index is 13.2. The average molecular weight is 433 g/mol. The maximum absolute atomic E-state index is 13.2. The largest absolute Gasteiger partial charge is 0.492 e. The first-order valence-corrected chi connectivity index (χ1v) is 10.7. The molecule has 1 N–H and O–H groups in total. The third kappa shape index (κ3) is 4.73. The summed E-state index contributed by atoms with van der Waals surface area (Å²) in [6, 6.07) is 21.2. The third-order valence-corrected chi connectivity index (χ3v) is 5.37. The molecule has 1 atom stereocenters. The molecule has 1 heterocycles. The van der Waals surface area contributed by atoms with E-state index in [9.17, 15) is 9.59 Å². The maximum Gasteiger partial charge on any atom is 0.339 e. The number of anilines is 1. The molecule has 0 saturated carbocycles. The highest BCUT2D eigenvalue weighted by molar-refractivity contribution is 7.16. The predicted octanol–water partition coefficient (Wildman–Crippen LogP) is 5.23. The number of aromatic nitrogens is 1. The van der Waals surface area contributed by atoms with E-state index in [0.29, 0.717) is 29.2 Å². The molecule has 3 aromatic carbocycles. The Bertz CT molecular complexity index is 1210. The van der Waals surface area contributed by atoms with Gasteiger partial charge in [0, 0.05) is 5.56 Å². The lowest BCUT2D eigenvalue weighted by atomic mass is 10.1. The number of carbonyl (C=O) groups is 2. The van der Waals surface area contributed by atoms with E-state index in [-0.39, 0.29) is 0 Å². The molecule has 0 radical (unpaired) electrons. The highest BCUT2D eigenvalue weighted by Gasteiger charge is 2.26. The monoisotopic (exact) mass is 432 g/mol. The van der Waals surface area contributed by atoms with Crippen LogP contribution in [0.3, 0.4) is 0 Å². The molecule has 4 rings (SSSR count). The Balaban J connectivity index is 1.60. The fourth-order valence-corrected chi connectivity index (χ4v) is 3.82. The zero-order valence-corrected chi connectivity index (χ0v) is 17.6. The van der Waals surface area contributed by atoms with Crippen LogP contribution in [0, 0.1) is 0 Å². The minimum absolute atomic E-state index is 0.361. The first kappa shape index (κ1) is 20.6. The van der Waals surface area contributed by atoms with E-state index in [1.807, 2.05) is 19.1 Å². The van der Waals surface area contributed by atoms with Gasteiger partial charge in [-0.1, -0.05) is 42.5 Å². The lowest BCUT2D eigenvalue weighted by molar-refractivity contribution is -0.125. The van der Waals surface area contributed by atoms with Crippen LogP contribution in [-0.2, 0) is 9.53 Å². The number of para-hydroxylation sites is 2. The van der Waals surface area contributed by atoms with Crippen LogP contribution in [0.4, 0.5) is 5.69 Å². The van der Waals surface area contributed by atoms with Gasteiger partial charge in [0.2, 0.25) is 6.10 Å². The quantitative estimate of drug-likeness (QED) is 0.405. The number of hydrogen-bond donors (Lipinski definition) is 1. The number of rotatable bonds is 7. The molecule has 7 heteroatoms. The van der Waals surface area contributed by atoms with Gasteiger partial charge >= 0.3 is 5.97 Å². The molecule has 0 spiro atoms. The van der Waals surface area contributed by atoms with Crippen molar-refractivity contribution in [3.63, 3.8) is 0 Å². The van der Waals surface area contributed by atoms with E-state index in [0.717, 1.165) is 10.2 Å². The molecule has 6 nitrogen and oxygen atoms in total. The second kappa shape index (κ2) is 9.40. The molecule has 1 unspecified atom stereocenters. The molecular formula is C24H20N2O4S. The number of benzene rings is 3. The topological polar surface area (TPSA) is 77.5 Å². The SMILES string of the molecule is CCOc1ccccc1NC(=O)C(OC(=O)c1ccc2ncsc2c1)c1ccccc1. The Morgan fingerprint density at radius 1 is 1.03 bits per heavy atom. The first-order chi connectivity index (χ1) is 15.2. The average Bonchev–Trinajstić information content (AvgIpc) is 3.27. The molecule has 4 aromatic rings. The van der Waals surface area contributed by atoms with Crippen molar-refractivity contribution in [2.75, 3.05) is 11.9 Å². The molecule has 0 saturated heterocycles. The molecule has 156 valence electrons. The predicted molar refractivity (Wildman–Crippen MR) is 120 cm³/mol. The summed E-state index contributed by atoms with van der Waals surface area (Å²) in [5.74, 6) is -0.505. The highest BCUT2D eigenvalue weighted by Crippen LogP contribution is 2.28. The number of carbonyl (C=O) groups excluding carboxylic acids is 2. The van der Waals surface area contributed by atoms with Crippen molar-refractivity contribution >= 4 is 39.1 Å². The van der Waals surface area contributed by atoms with Crippen molar-refractivity contribution in [1.29, 1.82) is 0 Å². The van der Waals surface area contributed by atoms with Gasteiger partial charge in [0.15, 0.2) is 0 Å².